The molecule has 1 rings (SSSR count). The van der Waals surface area contributed by atoms with Gasteiger partial charge in [0, 0.05) is 12.6 Å². The summed E-state index contributed by atoms with van der Waals surface area (Å²) in [4.78, 5) is 20.7. The SMILES string of the molecule is O=C(O)C(=O)NCCc1ccc(F)cc1F. The first-order valence-corrected chi connectivity index (χ1v) is 4.45. The lowest BCUT2D eigenvalue weighted by Gasteiger charge is -2.03. The molecule has 0 aliphatic heterocycles. The molecule has 0 unspecified atom stereocenters. The van der Waals surface area contributed by atoms with Gasteiger partial charge < -0.3 is 10.4 Å². The number of aliphatic carboxylic acids is 1. The molecule has 0 spiro atoms. The lowest BCUT2D eigenvalue weighted by Crippen LogP contribution is -2.32. The molecule has 0 saturated heterocycles. The Morgan fingerprint density at radius 2 is 2.00 bits per heavy atom. The molecule has 0 fully saturated rings. The first kappa shape index (κ1) is 12.1. The molecular formula is C10H9F2NO3. The highest BCUT2D eigenvalue weighted by molar-refractivity contribution is 6.31. The molecule has 1 aromatic rings. The van der Waals surface area contributed by atoms with Crippen molar-refractivity contribution in [2.45, 2.75) is 6.42 Å². The number of carboxylic acid groups (broad SMARTS) is 1. The van der Waals surface area contributed by atoms with Gasteiger partial charge in [0.2, 0.25) is 0 Å². The molecule has 0 aliphatic rings. The second-order valence-corrected chi connectivity index (χ2v) is 3.05. The number of halogens is 2. The first-order chi connectivity index (χ1) is 7.50. The van der Waals surface area contributed by atoms with E-state index in [9.17, 15) is 18.4 Å². The van der Waals surface area contributed by atoms with E-state index in [1.807, 2.05) is 0 Å². The zero-order chi connectivity index (χ0) is 12.1. The highest BCUT2D eigenvalue weighted by Crippen LogP contribution is 2.09. The third-order valence-electron chi connectivity index (χ3n) is 1.89. The summed E-state index contributed by atoms with van der Waals surface area (Å²) >= 11 is 0. The second-order valence-electron chi connectivity index (χ2n) is 3.05. The van der Waals surface area contributed by atoms with Crippen LogP contribution in [0.3, 0.4) is 0 Å². The van der Waals surface area contributed by atoms with Gasteiger partial charge in [-0.1, -0.05) is 6.07 Å². The summed E-state index contributed by atoms with van der Waals surface area (Å²) < 4.78 is 25.6. The number of rotatable bonds is 3. The van der Waals surface area contributed by atoms with Crippen LogP contribution < -0.4 is 5.32 Å². The lowest BCUT2D eigenvalue weighted by atomic mass is 10.1. The predicted octanol–water partition coefficient (Wildman–Crippen LogP) is 0.708. The molecule has 1 aromatic carbocycles. The fourth-order valence-electron chi connectivity index (χ4n) is 1.11. The summed E-state index contributed by atoms with van der Waals surface area (Å²) in [6, 6.07) is 3.07. The summed E-state index contributed by atoms with van der Waals surface area (Å²) in [6.07, 6.45) is 0.102. The predicted molar refractivity (Wildman–Crippen MR) is 50.7 cm³/mol. The molecule has 4 nitrogen and oxygen atoms in total. The van der Waals surface area contributed by atoms with Gasteiger partial charge >= 0.3 is 11.9 Å². The molecule has 0 radical (unpaired) electrons. The van der Waals surface area contributed by atoms with Crippen LogP contribution in [0.1, 0.15) is 5.56 Å². The van der Waals surface area contributed by atoms with E-state index < -0.39 is 23.5 Å². The lowest BCUT2D eigenvalue weighted by molar-refractivity contribution is -0.150. The van der Waals surface area contributed by atoms with Gasteiger partial charge in [0.05, 0.1) is 0 Å². The molecule has 16 heavy (non-hydrogen) atoms. The van der Waals surface area contributed by atoms with Gasteiger partial charge in [-0.15, -0.1) is 0 Å². The van der Waals surface area contributed by atoms with Gasteiger partial charge in [0.15, 0.2) is 0 Å². The Morgan fingerprint density at radius 1 is 1.31 bits per heavy atom. The van der Waals surface area contributed by atoms with E-state index in [1.165, 1.54) is 6.07 Å². The van der Waals surface area contributed by atoms with Crippen LogP contribution in [-0.4, -0.2) is 23.5 Å². The number of hydrogen-bond donors (Lipinski definition) is 2. The Bertz CT molecular complexity index is 421. The Morgan fingerprint density at radius 3 is 2.56 bits per heavy atom. The molecule has 0 aliphatic carbocycles. The fraction of sp³-hybridized carbons (Fsp3) is 0.200. The summed E-state index contributed by atoms with van der Waals surface area (Å²) in [5, 5.41) is 10.3. The van der Waals surface area contributed by atoms with E-state index in [1.54, 1.807) is 0 Å². The third kappa shape index (κ3) is 3.30. The quantitative estimate of drug-likeness (QED) is 0.750. The first-order valence-electron chi connectivity index (χ1n) is 4.45. The Hall–Kier alpha value is -1.98. The Balaban J connectivity index is 2.49. The van der Waals surface area contributed by atoms with Crippen molar-refractivity contribution in [2.75, 3.05) is 6.54 Å². The third-order valence-corrected chi connectivity index (χ3v) is 1.89. The second kappa shape index (κ2) is 5.20. The van der Waals surface area contributed by atoms with Gasteiger partial charge in [-0.05, 0) is 18.1 Å². The Kier molecular flexibility index (Phi) is 3.93. The van der Waals surface area contributed by atoms with Crippen LogP contribution in [0, 0.1) is 11.6 Å². The molecule has 2 N–H and O–H groups in total. The van der Waals surface area contributed by atoms with Crippen molar-refractivity contribution in [1.29, 1.82) is 0 Å². The monoisotopic (exact) mass is 229 g/mol. The van der Waals surface area contributed by atoms with Gasteiger partial charge in [-0.3, -0.25) is 4.79 Å². The maximum Gasteiger partial charge on any atom is 0.394 e. The number of hydrogen-bond acceptors (Lipinski definition) is 2. The van der Waals surface area contributed by atoms with Crippen LogP contribution in [0.4, 0.5) is 8.78 Å². The summed E-state index contributed by atoms with van der Waals surface area (Å²) in [5.41, 5.74) is 0.215. The maximum atomic E-state index is 13.1. The number of benzene rings is 1. The molecule has 0 saturated carbocycles. The normalized spacial score (nSPS) is 9.88. The van der Waals surface area contributed by atoms with Gasteiger partial charge in [-0.25, -0.2) is 13.6 Å². The van der Waals surface area contributed by atoms with Gasteiger partial charge in [0.25, 0.3) is 0 Å². The summed E-state index contributed by atoms with van der Waals surface area (Å²) in [6.45, 7) is -0.0202. The topological polar surface area (TPSA) is 66.4 Å². The minimum atomic E-state index is -1.60. The van der Waals surface area contributed by atoms with Crippen molar-refractivity contribution in [2.24, 2.45) is 0 Å². The zero-order valence-corrected chi connectivity index (χ0v) is 8.17. The van der Waals surface area contributed by atoms with E-state index in [0.29, 0.717) is 0 Å². The molecular weight excluding hydrogens is 220 g/mol. The Labute approximate surface area is 89.9 Å². The zero-order valence-electron chi connectivity index (χ0n) is 8.17. The highest BCUT2D eigenvalue weighted by Gasteiger charge is 2.10. The molecule has 1 amide bonds. The van der Waals surface area contributed by atoms with Crippen LogP contribution in [-0.2, 0) is 16.0 Å². The van der Waals surface area contributed by atoms with Crippen molar-refractivity contribution in [3.63, 3.8) is 0 Å². The molecule has 0 bridgehead atoms. The number of nitrogens with one attached hydrogen (secondary N) is 1. The van der Waals surface area contributed by atoms with Crippen LogP contribution in [0.25, 0.3) is 0 Å². The number of carboxylic acids is 1. The number of carbonyl (C=O) groups is 2. The molecule has 0 atom stereocenters. The van der Waals surface area contributed by atoms with E-state index in [2.05, 4.69) is 5.32 Å². The van der Waals surface area contributed by atoms with Crippen molar-refractivity contribution >= 4 is 11.9 Å². The molecule has 0 heterocycles. The van der Waals surface area contributed by atoms with Crippen LogP contribution in [0.5, 0.6) is 0 Å². The summed E-state index contributed by atoms with van der Waals surface area (Å²) in [7, 11) is 0. The molecule has 86 valence electrons. The van der Waals surface area contributed by atoms with E-state index in [0.717, 1.165) is 12.1 Å². The van der Waals surface area contributed by atoms with Crippen molar-refractivity contribution < 1.29 is 23.5 Å². The highest BCUT2D eigenvalue weighted by atomic mass is 19.1. The van der Waals surface area contributed by atoms with Crippen LogP contribution in [0.2, 0.25) is 0 Å². The van der Waals surface area contributed by atoms with Gasteiger partial charge in [0.1, 0.15) is 11.6 Å². The summed E-state index contributed by atoms with van der Waals surface area (Å²) in [5.74, 6) is -4.15. The van der Waals surface area contributed by atoms with Crippen LogP contribution in [0.15, 0.2) is 18.2 Å². The van der Waals surface area contributed by atoms with E-state index in [-0.39, 0.29) is 18.5 Å². The van der Waals surface area contributed by atoms with Crippen molar-refractivity contribution in [3.8, 4) is 0 Å². The average Bonchev–Trinajstić information content (AvgIpc) is 2.20. The number of amides is 1. The number of carbonyl (C=O) groups excluding carboxylic acids is 1. The standard InChI is InChI=1S/C10H9F2NO3/c11-7-2-1-6(8(12)5-7)3-4-13-9(14)10(15)16/h1-2,5H,3-4H2,(H,13,14)(H,15,16). The minimum absolute atomic E-state index is 0.0202. The van der Waals surface area contributed by atoms with E-state index >= 15 is 0 Å². The molecule has 0 aromatic heterocycles. The smallest absolute Gasteiger partial charge is 0.394 e. The average molecular weight is 229 g/mol. The van der Waals surface area contributed by atoms with Gasteiger partial charge in [-0.2, -0.15) is 0 Å². The largest absolute Gasteiger partial charge is 0.474 e. The maximum absolute atomic E-state index is 13.1. The fourth-order valence-corrected chi connectivity index (χ4v) is 1.11. The molecule has 6 heteroatoms. The van der Waals surface area contributed by atoms with Crippen molar-refractivity contribution in [1.82, 2.24) is 5.32 Å². The van der Waals surface area contributed by atoms with Crippen LogP contribution >= 0.6 is 0 Å². The minimum Gasteiger partial charge on any atom is -0.474 e. The van der Waals surface area contributed by atoms with E-state index in [4.69, 9.17) is 5.11 Å². The van der Waals surface area contributed by atoms with Crippen molar-refractivity contribution in [3.05, 3.63) is 35.4 Å².